The van der Waals surface area contributed by atoms with Gasteiger partial charge in [0.05, 0.1) is 0 Å². The van der Waals surface area contributed by atoms with Gasteiger partial charge in [0.1, 0.15) is 5.60 Å². The number of nitrogens with zero attached hydrogens (tertiary/aromatic N) is 1. The van der Waals surface area contributed by atoms with Crippen molar-refractivity contribution >= 4 is 6.09 Å². The maximum Gasteiger partial charge on any atom is 0.380 e. The molecule has 0 unspecified atom stereocenters. The van der Waals surface area contributed by atoms with Gasteiger partial charge in [0.2, 0.25) is 0 Å². The third kappa shape index (κ3) is 4.61. The topological polar surface area (TPSA) is 29.5 Å². The van der Waals surface area contributed by atoms with E-state index in [0.717, 1.165) is 19.4 Å². The van der Waals surface area contributed by atoms with E-state index in [4.69, 9.17) is 4.74 Å². The van der Waals surface area contributed by atoms with Crippen molar-refractivity contribution in [3.8, 4) is 0 Å². The molecule has 0 bridgehead atoms. The Balaban J connectivity index is 0.00000144. The first-order chi connectivity index (χ1) is 5.49. The average molecular weight is 236 g/mol. The number of rotatable bonds is 0. The molecule has 0 aromatic heterocycles. The Labute approximate surface area is 92.6 Å². The molecule has 0 saturated carbocycles. The molecule has 1 heterocycles. The minimum Gasteiger partial charge on any atom is -0.458 e. The fourth-order valence-electron chi connectivity index (χ4n) is 1.09. The van der Waals surface area contributed by atoms with E-state index in [-0.39, 0.29) is 31.2 Å². The van der Waals surface area contributed by atoms with Gasteiger partial charge >= 0.3 is 6.09 Å². The van der Waals surface area contributed by atoms with Gasteiger partial charge in [0.15, 0.2) is 0 Å². The third-order valence-electron chi connectivity index (χ3n) is 1.58. The molecule has 0 aliphatic carbocycles. The number of hydrogen-bond acceptors (Lipinski definition) is 2. The monoisotopic (exact) mass is 234 g/mol. The Kier molecular flexibility index (Phi) is 4.90. The van der Waals surface area contributed by atoms with Gasteiger partial charge in [-0.25, -0.2) is 11.3 Å². The van der Waals surface area contributed by atoms with Gasteiger partial charge in [-0.3, -0.25) is 0 Å². The van der Waals surface area contributed by atoms with Gasteiger partial charge in [0, 0.05) is 19.5 Å². The van der Waals surface area contributed by atoms with Crippen molar-refractivity contribution in [2.24, 2.45) is 0 Å². The molecule has 0 spiro atoms. The maximum absolute atomic E-state index is 11.3. The predicted molar refractivity (Wildman–Crippen MR) is 46.5 cm³/mol. The first-order valence-electron chi connectivity index (χ1n) is 4.32. The van der Waals surface area contributed by atoms with E-state index in [1.807, 2.05) is 27.3 Å². The first kappa shape index (κ1) is 12.9. The minimum absolute atomic E-state index is 0. The van der Waals surface area contributed by atoms with E-state index in [9.17, 15) is 4.79 Å². The molecule has 0 aromatic carbocycles. The van der Waals surface area contributed by atoms with Crippen LogP contribution in [0.25, 0.3) is 0 Å². The molecule has 4 heteroatoms. The molecule has 0 aromatic rings. The number of carbonyl (C=O) groups is 1. The number of amides is 1. The Morgan fingerprint density at radius 3 is 2.46 bits per heavy atom. The number of ether oxygens (including phenoxy) is 1. The normalized spacial score (nSPS) is 16.7. The van der Waals surface area contributed by atoms with Gasteiger partial charge in [-0.2, -0.15) is 6.42 Å². The Morgan fingerprint density at radius 2 is 2.08 bits per heavy atom. The van der Waals surface area contributed by atoms with Crippen molar-refractivity contribution in [3.63, 3.8) is 0 Å². The Hall–Kier alpha value is -0.107. The van der Waals surface area contributed by atoms with E-state index in [1.165, 1.54) is 0 Å². The summed E-state index contributed by atoms with van der Waals surface area (Å²) in [6, 6.07) is 0. The summed E-state index contributed by atoms with van der Waals surface area (Å²) in [7, 11) is 0. The van der Waals surface area contributed by atoms with Gasteiger partial charge < -0.3 is 9.64 Å². The molecule has 0 radical (unpaired) electrons. The van der Waals surface area contributed by atoms with Crippen LogP contribution in [0.4, 0.5) is 4.79 Å². The molecule has 1 fully saturated rings. The summed E-state index contributed by atoms with van der Waals surface area (Å²) < 4.78 is 5.18. The first-order valence-corrected chi connectivity index (χ1v) is 4.32. The second-order valence-corrected chi connectivity index (χ2v) is 4.00. The molecule has 1 rings (SSSR count). The average Bonchev–Trinajstić information content (AvgIpc) is 2.32. The van der Waals surface area contributed by atoms with Gasteiger partial charge in [-0.15, -0.1) is 0 Å². The fraction of sp³-hybridized carbons (Fsp3) is 0.778. The van der Waals surface area contributed by atoms with Crippen LogP contribution < -0.4 is 0 Å². The zero-order valence-corrected chi connectivity index (χ0v) is 11.6. The van der Waals surface area contributed by atoms with E-state index in [0.29, 0.717) is 0 Å². The van der Waals surface area contributed by atoms with Crippen LogP contribution in [0.5, 0.6) is 0 Å². The molecule has 1 saturated heterocycles. The molecule has 1 aliphatic heterocycles. The summed E-state index contributed by atoms with van der Waals surface area (Å²) in [6.07, 6.45) is 1.82. The van der Waals surface area contributed by atoms with Gasteiger partial charge in [-0.05, 0) is 27.3 Å². The predicted octanol–water partition coefficient (Wildman–Crippen LogP) is 2.18. The molecule has 3 nitrogen and oxygen atoms in total. The van der Waals surface area contributed by atoms with Crippen molar-refractivity contribution in [2.45, 2.75) is 39.2 Å². The molecule has 1 amide bonds. The van der Waals surface area contributed by atoms with E-state index in [1.54, 1.807) is 4.90 Å². The minimum atomic E-state index is -0.381. The molecule has 72 valence electrons. The summed E-state index contributed by atoms with van der Waals surface area (Å²) in [5.74, 6) is 0. The summed E-state index contributed by atoms with van der Waals surface area (Å²) in [4.78, 5) is 13.0. The summed E-state index contributed by atoms with van der Waals surface area (Å²) >= 11 is 0. The third-order valence-corrected chi connectivity index (χ3v) is 1.58. The summed E-state index contributed by atoms with van der Waals surface area (Å²) in [6.45, 7) is 8.33. The zero-order chi connectivity index (χ0) is 9.19. The Bertz CT molecular complexity index is 171. The smallest absolute Gasteiger partial charge is 0.380 e. The zero-order valence-electron chi connectivity index (χ0n) is 8.67. The molecule has 0 atom stereocenters. The maximum atomic E-state index is 11.3. The molecule has 1 aliphatic rings. The van der Waals surface area contributed by atoms with Crippen LogP contribution in [0.1, 0.15) is 33.6 Å². The quantitative estimate of drug-likeness (QED) is 0.476. The van der Waals surface area contributed by atoms with Crippen molar-refractivity contribution in [1.82, 2.24) is 4.90 Å². The second-order valence-electron chi connectivity index (χ2n) is 4.00. The standard InChI is InChI=1S/C9H16NO2.Zn/c1-9(2,3)12-8(11)10-6-4-5-7-10;/h6H,4-5,7H2,1-3H3;/q-1;. The van der Waals surface area contributed by atoms with Crippen molar-refractivity contribution in [2.75, 3.05) is 6.54 Å². The molecule has 0 N–H and O–H groups in total. The van der Waals surface area contributed by atoms with Gasteiger partial charge in [-0.1, -0.05) is 6.42 Å². The SMILES string of the molecule is CC(C)(C)OC(=O)N1[CH-]CCC1.[Zn]. The van der Waals surface area contributed by atoms with Crippen LogP contribution in [0.15, 0.2) is 0 Å². The van der Waals surface area contributed by atoms with E-state index in [2.05, 4.69) is 0 Å². The van der Waals surface area contributed by atoms with Crippen LogP contribution in [-0.4, -0.2) is 23.1 Å². The van der Waals surface area contributed by atoms with E-state index < -0.39 is 0 Å². The van der Waals surface area contributed by atoms with Crippen LogP contribution in [0.2, 0.25) is 0 Å². The second kappa shape index (κ2) is 4.95. The van der Waals surface area contributed by atoms with E-state index >= 15 is 0 Å². The van der Waals surface area contributed by atoms with Crippen LogP contribution >= 0.6 is 0 Å². The fourth-order valence-corrected chi connectivity index (χ4v) is 1.09. The number of hydrogen-bond donors (Lipinski definition) is 0. The van der Waals surface area contributed by atoms with Crippen molar-refractivity contribution in [1.29, 1.82) is 0 Å². The molecular formula is C9H16NO2Zn-. The van der Waals surface area contributed by atoms with Gasteiger partial charge in [0.25, 0.3) is 0 Å². The molecule has 13 heavy (non-hydrogen) atoms. The summed E-state index contributed by atoms with van der Waals surface area (Å²) in [5, 5.41) is 0. The van der Waals surface area contributed by atoms with Crippen molar-refractivity contribution in [3.05, 3.63) is 6.54 Å². The van der Waals surface area contributed by atoms with Crippen LogP contribution in [0, 0.1) is 6.54 Å². The molecular weight excluding hydrogens is 219 g/mol. The van der Waals surface area contributed by atoms with Crippen LogP contribution in [0.3, 0.4) is 0 Å². The number of likely N-dealkylation sites (tertiary alicyclic amines) is 1. The van der Waals surface area contributed by atoms with Crippen LogP contribution in [-0.2, 0) is 24.2 Å². The van der Waals surface area contributed by atoms with Crippen molar-refractivity contribution < 1.29 is 29.0 Å². The Morgan fingerprint density at radius 1 is 1.46 bits per heavy atom. The largest absolute Gasteiger partial charge is 0.458 e. The number of carbonyl (C=O) groups excluding carboxylic acids is 1. The summed E-state index contributed by atoms with van der Waals surface area (Å²) in [5.41, 5.74) is -0.381.